The zero-order chi connectivity index (χ0) is 16.7. The Morgan fingerprint density at radius 3 is 2.73 bits per heavy atom. The van der Waals surface area contributed by atoms with Gasteiger partial charge in [0, 0.05) is 11.8 Å². The van der Waals surface area contributed by atoms with Crippen LogP contribution in [0.3, 0.4) is 0 Å². The fraction of sp³-hybridized carbons (Fsp3) is 0.667. The van der Waals surface area contributed by atoms with Crippen molar-refractivity contribution in [3.63, 3.8) is 0 Å². The Bertz CT molecular complexity index is 710. The largest absolute Gasteiger partial charge is 0.385 e. The van der Waals surface area contributed by atoms with E-state index in [-0.39, 0.29) is 11.9 Å². The van der Waals surface area contributed by atoms with Gasteiger partial charge in [-0.1, -0.05) is 0 Å². The number of aliphatic hydroxyl groups excluding tert-OH is 1. The maximum Gasteiger partial charge on any atom is 0.330 e. The van der Waals surface area contributed by atoms with Gasteiger partial charge in [0.15, 0.2) is 18.7 Å². The van der Waals surface area contributed by atoms with Crippen molar-refractivity contribution in [2.24, 2.45) is 0 Å². The molecule has 0 saturated carbocycles. The molecule has 0 radical (unpaired) electrons. The Hall–Kier alpha value is -1.28. The molecule has 2 N–H and O–H groups in total. The second-order valence-corrected chi connectivity index (χ2v) is 9.08. The number of H-pyrrole nitrogens is 1. The Balaban J connectivity index is 2.23. The van der Waals surface area contributed by atoms with Crippen LogP contribution in [0.5, 0.6) is 0 Å². The first-order valence-electron chi connectivity index (χ1n) is 6.55. The lowest BCUT2D eigenvalue weighted by molar-refractivity contribution is -0.167. The summed E-state index contributed by atoms with van der Waals surface area (Å²) in [5.74, 6) is 0. The number of aromatic nitrogens is 2. The summed E-state index contributed by atoms with van der Waals surface area (Å²) in [6.07, 6.45) is -5.37. The summed E-state index contributed by atoms with van der Waals surface area (Å²) < 4.78 is 37.0. The van der Waals surface area contributed by atoms with E-state index in [2.05, 4.69) is 0 Å². The van der Waals surface area contributed by atoms with Gasteiger partial charge in [-0.2, -0.15) is 0 Å². The minimum absolute atomic E-state index is 0.187. The molecule has 1 fully saturated rings. The highest BCUT2D eigenvalue weighted by Crippen LogP contribution is 2.38. The van der Waals surface area contributed by atoms with Gasteiger partial charge >= 0.3 is 5.69 Å². The molecule has 2 rings (SSSR count). The van der Waals surface area contributed by atoms with Crippen molar-refractivity contribution in [2.45, 2.75) is 31.7 Å². The van der Waals surface area contributed by atoms with Crippen LogP contribution in [0.25, 0.3) is 0 Å². The lowest BCUT2D eigenvalue weighted by Gasteiger charge is -2.17. The predicted molar refractivity (Wildman–Crippen MR) is 76.3 cm³/mol. The minimum Gasteiger partial charge on any atom is -0.385 e. The third kappa shape index (κ3) is 3.55. The first kappa shape index (κ1) is 17.1. The highest BCUT2D eigenvalue weighted by molar-refractivity contribution is 7.62. The van der Waals surface area contributed by atoms with Gasteiger partial charge < -0.3 is 19.1 Å². The van der Waals surface area contributed by atoms with Crippen LogP contribution >= 0.6 is 7.14 Å². The summed E-state index contributed by atoms with van der Waals surface area (Å²) in [4.78, 5) is 25.1. The number of aromatic amines is 1. The fourth-order valence-corrected chi connectivity index (χ4v) is 2.50. The van der Waals surface area contributed by atoms with Gasteiger partial charge in [-0.05, 0) is 20.3 Å². The van der Waals surface area contributed by atoms with Crippen molar-refractivity contribution in [3.8, 4) is 0 Å². The molecule has 1 aliphatic heterocycles. The maximum absolute atomic E-state index is 14.2. The van der Waals surface area contributed by atoms with Gasteiger partial charge in [-0.3, -0.25) is 14.3 Å². The van der Waals surface area contributed by atoms with E-state index in [1.807, 2.05) is 4.98 Å². The summed E-state index contributed by atoms with van der Waals surface area (Å²) in [6, 6.07) is 0. The number of nitrogens with zero attached hydrogens (tertiary/aromatic N) is 1. The van der Waals surface area contributed by atoms with Gasteiger partial charge in [0.25, 0.3) is 5.56 Å². The first-order chi connectivity index (χ1) is 10.1. The molecule has 2 heterocycles. The molecule has 0 bridgehead atoms. The van der Waals surface area contributed by atoms with E-state index in [1.54, 1.807) is 0 Å². The van der Waals surface area contributed by atoms with E-state index >= 15 is 0 Å². The van der Waals surface area contributed by atoms with Gasteiger partial charge in [0.05, 0.1) is 0 Å². The van der Waals surface area contributed by atoms with Gasteiger partial charge in [0.1, 0.15) is 19.6 Å². The van der Waals surface area contributed by atoms with E-state index < -0.39 is 43.2 Å². The molecular formula is C12H18FN2O6P. The Morgan fingerprint density at radius 1 is 1.50 bits per heavy atom. The number of halogens is 1. The average molecular weight is 336 g/mol. The molecule has 10 heteroatoms. The number of alkyl halides is 1. The molecule has 0 aromatic carbocycles. The number of aliphatic hydroxyl groups is 1. The van der Waals surface area contributed by atoms with E-state index in [0.717, 1.165) is 10.8 Å². The fourth-order valence-electron chi connectivity index (χ4n) is 2.00. The molecular weight excluding hydrogens is 318 g/mol. The van der Waals surface area contributed by atoms with Gasteiger partial charge in [-0.25, -0.2) is 9.18 Å². The van der Waals surface area contributed by atoms with Crippen LogP contribution < -0.4 is 11.2 Å². The number of hydrogen-bond donors (Lipinski definition) is 2. The molecule has 1 saturated heterocycles. The molecule has 4 atom stereocenters. The standard InChI is InChI=1S/C12H18FN2O6P/c1-6-4-15(12(18)14-9(6)17)10-7(13)8(16)11(21-10)20-5-22(2,3)19/h4,7-8,10-11,16H,5H2,1-3H3,(H,14,17,18)/t7-,8-,10+,11-/m1/s1. The number of ether oxygens (including phenoxy) is 2. The molecule has 0 unspecified atom stereocenters. The second kappa shape index (κ2) is 6.08. The highest BCUT2D eigenvalue weighted by Gasteiger charge is 2.46. The van der Waals surface area contributed by atoms with Crippen molar-refractivity contribution in [1.29, 1.82) is 0 Å². The Labute approximate surface area is 125 Å². The molecule has 22 heavy (non-hydrogen) atoms. The SMILES string of the molecule is Cc1cn([C@H]2O[C@@H](OCP(C)(C)=O)[C@H](O)[C@H]2F)c(=O)[nH]c1=O. The summed E-state index contributed by atoms with van der Waals surface area (Å²) in [6.45, 7) is 4.41. The monoisotopic (exact) mass is 336 g/mol. The van der Waals surface area contributed by atoms with Crippen LogP contribution in [0.4, 0.5) is 4.39 Å². The van der Waals surface area contributed by atoms with Crippen LogP contribution in [-0.4, -0.2) is 52.9 Å². The van der Waals surface area contributed by atoms with Gasteiger partial charge in [-0.15, -0.1) is 0 Å². The van der Waals surface area contributed by atoms with E-state index in [1.165, 1.54) is 20.3 Å². The normalized spacial score (nSPS) is 29.0. The van der Waals surface area contributed by atoms with Crippen molar-refractivity contribution >= 4 is 7.14 Å². The van der Waals surface area contributed by atoms with E-state index in [0.29, 0.717) is 0 Å². The molecule has 1 aliphatic rings. The van der Waals surface area contributed by atoms with Crippen molar-refractivity contribution in [3.05, 3.63) is 32.6 Å². The average Bonchev–Trinajstić information content (AvgIpc) is 2.68. The quantitative estimate of drug-likeness (QED) is 0.749. The van der Waals surface area contributed by atoms with Crippen LogP contribution in [0, 0.1) is 6.92 Å². The van der Waals surface area contributed by atoms with Crippen LogP contribution in [-0.2, 0) is 14.0 Å². The lowest BCUT2D eigenvalue weighted by Crippen LogP contribution is -2.36. The molecule has 124 valence electrons. The smallest absolute Gasteiger partial charge is 0.330 e. The number of rotatable bonds is 4. The molecule has 0 aliphatic carbocycles. The lowest BCUT2D eigenvalue weighted by atomic mass is 10.2. The van der Waals surface area contributed by atoms with E-state index in [4.69, 9.17) is 9.47 Å². The molecule has 1 aromatic heterocycles. The van der Waals surface area contributed by atoms with Crippen LogP contribution in [0.2, 0.25) is 0 Å². The van der Waals surface area contributed by atoms with Crippen LogP contribution in [0.1, 0.15) is 11.8 Å². The second-order valence-electron chi connectivity index (χ2n) is 5.68. The summed E-state index contributed by atoms with van der Waals surface area (Å²) in [5, 5.41) is 9.80. The van der Waals surface area contributed by atoms with Crippen molar-refractivity contribution in [2.75, 3.05) is 19.7 Å². The number of hydrogen-bond acceptors (Lipinski definition) is 6. The zero-order valence-electron chi connectivity index (χ0n) is 12.4. The summed E-state index contributed by atoms with van der Waals surface area (Å²) in [5.41, 5.74) is -1.24. The summed E-state index contributed by atoms with van der Waals surface area (Å²) >= 11 is 0. The maximum atomic E-state index is 14.2. The van der Waals surface area contributed by atoms with E-state index in [9.17, 15) is 23.7 Å². The van der Waals surface area contributed by atoms with Crippen LogP contribution in [0.15, 0.2) is 15.8 Å². The number of aryl methyl sites for hydroxylation is 1. The highest BCUT2D eigenvalue weighted by atomic mass is 31.2. The Kier molecular flexibility index (Phi) is 4.72. The third-order valence-corrected chi connectivity index (χ3v) is 3.89. The van der Waals surface area contributed by atoms with Crippen molar-refractivity contribution < 1.29 is 23.5 Å². The topological polar surface area (TPSA) is 111 Å². The molecule has 0 amide bonds. The number of nitrogens with one attached hydrogen (secondary N) is 1. The predicted octanol–water partition coefficient (Wildman–Crippen LogP) is -0.00428. The minimum atomic E-state index is -2.53. The first-order valence-corrected chi connectivity index (χ1v) is 9.34. The Morgan fingerprint density at radius 2 is 2.14 bits per heavy atom. The third-order valence-electron chi connectivity index (χ3n) is 3.12. The molecule has 8 nitrogen and oxygen atoms in total. The van der Waals surface area contributed by atoms with Crippen molar-refractivity contribution in [1.82, 2.24) is 9.55 Å². The summed E-state index contributed by atoms with van der Waals surface area (Å²) in [7, 11) is -2.53. The molecule has 1 aromatic rings. The molecule has 0 spiro atoms. The zero-order valence-corrected chi connectivity index (χ0v) is 13.2. The van der Waals surface area contributed by atoms with Gasteiger partial charge in [0.2, 0.25) is 0 Å².